The molecule has 0 bridgehead atoms. The van der Waals surface area contributed by atoms with E-state index in [2.05, 4.69) is 60.9 Å². The number of hydrogen-bond donors (Lipinski definition) is 0. The Kier molecular flexibility index (Phi) is 3.27. The third-order valence-electron chi connectivity index (χ3n) is 5.79. The van der Waals surface area contributed by atoms with E-state index in [0.29, 0.717) is 0 Å². The van der Waals surface area contributed by atoms with E-state index >= 15 is 0 Å². The largest absolute Gasteiger partial charge is 0.296 e. The lowest BCUT2D eigenvalue weighted by Crippen LogP contribution is -2.07. The zero-order valence-electron chi connectivity index (χ0n) is 16.2. The summed E-state index contributed by atoms with van der Waals surface area (Å²) in [4.78, 5) is 15.1. The van der Waals surface area contributed by atoms with Crippen molar-refractivity contribution in [1.29, 1.82) is 0 Å². The molecule has 0 amide bonds. The minimum Gasteiger partial charge on any atom is -0.296 e. The highest BCUT2D eigenvalue weighted by molar-refractivity contribution is 5.99. The number of allylic oxidation sites excluding steroid dienone is 2. The second-order valence-corrected chi connectivity index (χ2v) is 7.43. The molecular weight excluding hydrogens is 356 g/mol. The molecule has 0 saturated carbocycles. The molecule has 4 nitrogen and oxygen atoms in total. The first-order valence-corrected chi connectivity index (χ1v) is 9.74. The van der Waals surface area contributed by atoms with E-state index in [4.69, 9.17) is 15.0 Å². The number of imidazole rings is 1. The predicted molar refractivity (Wildman–Crippen MR) is 118 cm³/mol. The molecule has 0 N–H and O–H groups in total. The maximum atomic E-state index is 5.04. The van der Waals surface area contributed by atoms with Crippen LogP contribution in [0.5, 0.6) is 0 Å². The number of para-hydroxylation sites is 4. The molecule has 3 aromatic carbocycles. The van der Waals surface area contributed by atoms with Crippen molar-refractivity contribution in [2.24, 2.45) is 0 Å². The number of benzene rings is 3. The fourth-order valence-corrected chi connectivity index (χ4v) is 4.22. The van der Waals surface area contributed by atoms with Gasteiger partial charge in [-0.3, -0.25) is 4.57 Å². The van der Waals surface area contributed by atoms with Crippen molar-refractivity contribution in [3.8, 4) is 22.6 Å². The van der Waals surface area contributed by atoms with Crippen LogP contribution in [-0.4, -0.2) is 19.5 Å². The molecule has 0 aliphatic carbocycles. The van der Waals surface area contributed by atoms with Gasteiger partial charge in [-0.2, -0.15) is 0 Å². The molecule has 0 atom stereocenters. The molecule has 5 aromatic rings. The molecule has 0 spiro atoms. The minimum atomic E-state index is 0.903. The van der Waals surface area contributed by atoms with Crippen LogP contribution < -0.4 is 0 Å². The van der Waals surface area contributed by atoms with Crippen molar-refractivity contribution in [3.05, 3.63) is 78.5 Å². The van der Waals surface area contributed by atoms with Gasteiger partial charge in [0.2, 0.25) is 0 Å². The summed E-state index contributed by atoms with van der Waals surface area (Å²) in [6.45, 7) is 4.27. The lowest BCUT2D eigenvalue weighted by atomic mass is 9.96. The second-order valence-electron chi connectivity index (χ2n) is 7.43. The molecular formula is C25H18N4. The van der Waals surface area contributed by atoms with Gasteiger partial charge in [-0.05, 0) is 43.7 Å². The Hall–Kier alpha value is -3.79. The van der Waals surface area contributed by atoms with Gasteiger partial charge in [0.25, 0.3) is 0 Å². The average molecular weight is 374 g/mol. The quantitative estimate of drug-likeness (QED) is 0.332. The monoisotopic (exact) mass is 374 g/mol. The fourth-order valence-electron chi connectivity index (χ4n) is 4.22. The Labute approximate surface area is 168 Å². The van der Waals surface area contributed by atoms with Gasteiger partial charge in [-0.1, -0.05) is 48.5 Å². The molecule has 6 rings (SSSR count). The molecule has 0 saturated heterocycles. The Balaban J connectivity index is 1.83. The third-order valence-corrected chi connectivity index (χ3v) is 5.79. The maximum absolute atomic E-state index is 5.04. The highest BCUT2D eigenvalue weighted by Crippen LogP contribution is 2.41. The molecule has 1 aliphatic rings. The standard InChI is InChI=1S/C25H18N4/c1-15-16(2)29-22-14-8-7-13-21(22)28-25(29)18-10-4-3-9-17(18)24-23(15)26-19-11-5-6-12-20(19)27-24/h3-14H,1-2H3/b16-15-. The number of hydrogen-bond acceptors (Lipinski definition) is 3. The van der Waals surface area contributed by atoms with Gasteiger partial charge in [-0.25, -0.2) is 15.0 Å². The van der Waals surface area contributed by atoms with Gasteiger partial charge in [0.15, 0.2) is 0 Å². The molecule has 0 unspecified atom stereocenters. The van der Waals surface area contributed by atoms with Gasteiger partial charge in [0, 0.05) is 16.8 Å². The van der Waals surface area contributed by atoms with Gasteiger partial charge in [-0.15, -0.1) is 0 Å². The van der Waals surface area contributed by atoms with Gasteiger partial charge in [0.1, 0.15) is 5.82 Å². The normalized spacial score (nSPS) is 15.5. The first kappa shape index (κ1) is 16.2. The first-order chi connectivity index (χ1) is 14.2. The molecule has 0 radical (unpaired) electrons. The van der Waals surface area contributed by atoms with Crippen LogP contribution in [0.1, 0.15) is 19.5 Å². The molecule has 0 fully saturated rings. The fraction of sp³-hybridized carbons (Fsp3) is 0.0800. The van der Waals surface area contributed by atoms with E-state index in [0.717, 1.165) is 61.7 Å². The first-order valence-electron chi connectivity index (χ1n) is 9.74. The summed E-state index contributed by atoms with van der Waals surface area (Å²) in [6.07, 6.45) is 0. The molecule has 138 valence electrons. The van der Waals surface area contributed by atoms with Crippen molar-refractivity contribution in [2.75, 3.05) is 0 Å². The van der Waals surface area contributed by atoms with Crippen LogP contribution in [0.3, 0.4) is 0 Å². The molecule has 4 heteroatoms. The minimum absolute atomic E-state index is 0.903. The van der Waals surface area contributed by atoms with Crippen molar-refractivity contribution < 1.29 is 0 Å². The van der Waals surface area contributed by atoms with E-state index < -0.39 is 0 Å². The second kappa shape index (κ2) is 5.85. The topological polar surface area (TPSA) is 43.6 Å². The van der Waals surface area contributed by atoms with Crippen LogP contribution in [0.2, 0.25) is 0 Å². The Morgan fingerprint density at radius 3 is 1.93 bits per heavy atom. The van der Waals surface area contributed by atoms with E-state index in [1.807, 2.05) is 30.3 Å². The zero-order chi connectivity index (χ0) is 19.5. The van der Waals surface area contributed by atoms with Crippen LogP contribution in [0.4, 0.5) is 0 Å². The van der Waals surface area contributed by atoms with E-state index in [-0.39, 0.29) is 0 Å². The third kappa shape index (κ3) is 2.23. The Morgan fingerprint density at radius 2 is 1.17 bits per heavy atom. The van der Waals surface area contributed by atoms with E-state index in [9.17, 15) is 0 Å². The lowest BCUT2D eigenvalue weighted by molar-refractivity contribution is 1.10. The van der Waals surface area contributed by atoms with Crippen LogP contribution >= 0.6 is 0 Å². The van der Waals surface area contributed by atoms with Crippen molar-refractivity contribution in [3.63, 3.8) is 0 Å². The number of aromatic nitrogens is 4. The van der Waals surface area contributed by atoms with Crippen LogP contribution in [0.25, 0.3) is 56.0 Å². The molecule has 1 aliphatic heterocycles. The summed E-state index contributed by atoms with van der Waals surface area (Å²) < 4.78 is 2.25. The van der Waals surface area contributed by atoms with Crippen LogP contribution in [-0.2, 0) is 0 Å². The smallest absolute Gasteiger partial charge is 0.146 e. The van der Waals surface area contributed by atoms with Crippen molar-refractivity contribution >= 4 is 33.3 Å². The summed E-state index contributed by atoms with van der Waals surface area (Å²) in [5, 5.41) is 0. The van der Waals surface area contributed by atoms with Crippen molar-refractivity contribution in [2.45, 2.75) is 13.8 Å². The SMILES string of the molecule is C/C1=C(\C)n2c(nc3ccccc32)-c2ccccc2-c2nc3ccccc3nc21. The molecule has 29 heavy (non-hydrogen) atoms. The number of rotatable bonds is 0. The average Bonchev–Trinajstić information content (AvgIpc) is 3.16. The van der Waals surface area contributed by atoms with Gasteiger partial charge < -0.3 is 0 Å². The summed E-state index contributed by atoms with van der Waals surface area (Å²) in [5.41, 5.74) is 10.1. The van der Waals surface area contributed by atoms with E-state index in [1.54, 1.807) is 0 Å². The molecule has 3 heterocycles. The summed E-state index contributed by atoms with van der Waals surface area (Å²) in [7, 11) is 0. The van der Waals surface area contributed by atoms with Gasteiger partial charge >= 0.3 is 0 Å². The Morgan fingerprint density at radius 1 is 0.586 bits per heavy atom. The Bertz CT molecular complexity index is 1470. The summed E-state index contributed by atoms with van der Waals surface area (Å²) >= 11 is 0. The van der Waals surface area contributed by atoms with Crippen LogP contribution in [0.15, 0.2) is 72.8 Å². The lowest BCUT2D eigenvalue weighted by Gasteiger charge is -2.21. The van der Waals surface area contributed by atoms with E-state index in [1.165, 1.54) is 0 Å². The zero-order valence-corrected chi connectivity index (χ0v) is 16.2. The summed E-state index contributed by atoms with van der Waals surface area (Å²) in [5.74, 6) is 0.944. The number of nitrogens with zero attached hydrogens (tertiary/aromatic N) is 4. The highest BCUT2D eigenvalue weighted by atomic mass is 15.1. The number of fused-ring (bicyclic) bond motifs is 8. The highest BCUT2D eigenvalue weighted by Gasteiger charge is 2.25. The maximum Gasteiger partial charge on any atom is 0.146 e. The summed E-state index contributed by atoms with van der Waals surface area (Å²) in [6, 6.07) is 24.7. The van der Waals surface area contributed by atoms with Crippen LogP contribution in [0, 0.1) is 0 Å². The predicted octanol–water partition coefficient (Wildman–Crippen LogP) is 6.04. The van der Waals surface area contributed by atoms with Crippen molar-refractivity contribution in [1.82, 2.24) is 19.5 Å². The van der Waals surface area contributed by atoms with Gasteiger partial charge in [0.05, 0.1) is 33.5 Å². The molecule has 2 aromatic heterocycles.